The topological polar surface area (TPSA) is 24.3 Å². The Labute approximate surface area is 388 Å². The van der Waals surface area contributed by atoms with Crippen LogP contribution in [0.15, 0.2) is 255 Å². The number of rotatable bonds is 8. The summed E-state index contributed by atoms with van der Waals surface area (Å²) in [5.41, 5.74) is 10.6. The third-order valence-corrected chi connectivity index (χ3v) is 13.3. The molecule has 0 atom stereocenters. The summed E-state index contributed by atoms with van der Waals surface area (Å²) in [6.45, 7) is 0. The van der Waals surface area contributed by atoms with Crippen LogP contribution in [-0.2, 0) is 0 Å². The summed E-state index contributed by atoms with van der Waals surface area (Å²) in [7, 11) is 0. The molecule has 12 aromatic carbocycles. The van der Waals surface area contributed by atoms with Crippen molar-refractivity contribution in [2.45, 2.75) is 0 Å². The fourth-order valence-electron chi connectivity index (χ4n) is 10.2. The average Bonchev–Trinajstić information content (AvgIpc) is 3.81. The van der Waals surface area contributed by atoms with Gasteiger partial charge in [0.25, 0.3) is 0 Å². The van der Waals surface area contributed by atoms with Crippen LogP contribution in [0.2, 0.25) is 0 Å². The molecule has 0 spiro atoms. The molecule has 0 saturated carbocycles. The summed E-state index contributed by atoms with van der Waals surface area (Å²) < 4.78 is 2.39. The molecule has 0 bridgehead atoms. The second-order valence-corrected chi connectivity index (χ2v) is 17.2. The summed E-state index contributed by atoms with van der Waals surface area (Å²) in [6.07, 6.45) is 0. The van der Waals surface area contributed by atoms with E-state index in [9.17, 15) is 0 Å². The highest BCUT2D eigenvalue weighted by atomic mass is 15.2. The number of nitrogens with zero attached hydrogens (tertiary/aromatic N) is 4. The summed E-state index contributed by atoms with van der Waals surface area (Å²) in [4.78, 5) is 10.6. The summed E-state index contributed by atoms with van der Waals surface area (Å²) in [5.74, 6) is 0.888. The van der Waals surface area contributed by atoms with Gasteiger partial charge in [-0.2, -0.15) is 0 Å². The minimum atomic E-state index is 0.888. The van der Waals surface area contributed by atoms with Crippen LogP contribution < -0.4 is 9.80 Å². The van der Waals surface area contributed by atoms with Crippen LogP contribution >= 0.6 is 0 Å². The smallest absolute Gasteiger partial charge is 0.145 e. The third-order valence-electron chi connectivity index (χ3n) is 13.3. The zero-order chi connectivity index (χ0) is 44.3. The Hall–Kier alpha value is -8.99. The number of hydrogen-bond donors (Lipinski definition) is 0. The maximum absolute atomic E-state index is 5.80. The maximum Gasteiger partial charge on any atom is 0.145 e. The number of fused-ring (bicyclic) bond motifs is 9. The Balaban J connectivity index is 1.15. The van der Waals surface area contributed by atoms with E-state index in [-0.39, 0.29) is 0 Å². The minimum absolute atomic E-state index is 0.888. The normalized spacial score (nSPS) is 11.6. The second kappa shape index (κ2) is 15.9. The first kappa shape index (κ1) is 38.5. The summed E-state index contributed by atoms with van der Waals surface area (Å²) >= 11 is 0. The van der Waals surface area contributed by atoms with Gasteiger partial charge in [0.2, 0.25) is 0 Å². The molecule has 0 amide bonds. The van der Waals surface area contributed by atoms with Crippen molar-refractivity contribution in [3.8, 4) is 17.1 Å². The fraction of sp³-hybridized carbons (Fsp3) is 0. The first-order chi connectivity index (χ1) is 33.2. The van der Waals surface area contributed by atoms with Gasteiger partial charge < -0.3 is 9.80 Å². The molecular weight excluding hydrogens is 813 g/mol. The van der Waals surface area contributed by atoms with E-state index in [0.717, 1.165) is 83.8 Å². The van der Waals surface area contributed by atoms with E-state index in [1.165, 1.54) is 32.3 Å². The van der Waals surface area contributed by atoms with Crippen LogP contribution in [0.5, 0.6) is 0 Å². The lowest BCUT2D eigenvalue weighted by atomic mass is 9.97. The van der Waals surface area contributed by atoms with Crippen LogP contribution in [0.3, 0.4) is 0 Å². The van der Waals surface area contributed by atoms with Gasteiger partial charge in [-0.3, -0.25) is 4.57 Å². The van der Waals surface area contributed by atoms with Crippen LogP contribution in [0.1, 0.15) is 0 Å². The van der Waals surface area contributed by atoms with E-state index >= 15 is 0 Å². The Morgan fingerprint density at radius 3 is 1.37 bits per heavy atom. The number of anilines is 6. The molecule has 314 valence electrons. The number of imidazole rings is 1. The van der Waals surface area contributed by atoms with Crippen molar-refractivity contribution in [1.82, 2.24) is 9.55 Å². The van der Waals surface area contributed by atoms with E-state index in [4.69, 9.17) is 4.98 Å². The largest absolute Gasteiger partial charge is 0.310 e. The number of hydrogen-bond acceptors (Lipinski definition) is 3. The van der Waals surface area contributed by atoms with Gasteiger partial charge in [-0.25, -0.2) is 4.98 Å². The Morgan fingerprint density at radius 2 is 0.776 bits per heavy atom. The van der Waals surface area contributed by atoms with Gasteiger partial charge in [-0.1, -0.05) is 176 Å². The van der Waals surface area contributed by atoms with Crippen molar-refractivity contribution in [3.05, 3.63) is 255 Å². The maximum atomic E-state index is 5.80. The van der Waals surface area contributed by atoms with Gasteiger partial charge in [0, 0.05) is 55.5 Å². The highest BCUT2D eigenvalue weighted by Crippen LogP contribution is 2.47. The Bertz CT molecular complexity index is 3980. The average molecular weight is 855 g/mol. The molecule has 4 nitrogen and oxygen atoms in total. The number of aromatic nitrogens is 2. The van der Waals surface area contributed by atoms with E-state index < -0.39 is 0 Å². The van der Waals surface area contributed by atoms with Gasteiger partial charge in [0.05, 0.1) is 22.4 Å². The first-order valence-electron chi connectivity index (χ1n) is 22.9. The molecule has 0 saturated heterocycles. The van der Waals surface area contributed by atoms with Crippen LogP contribution in [0, 0.1) is 0 Å². The highest BCUT2D eigenvalue weighted by Gasteiger charge is 2.24. The Kier molecular flexibility index (Phi) is 9.14. The highest BCUT2D eigenvalue weighted by molar-refractivity contribution is 6.25. The lowest BCUT2D eigenvalue weighted by Crippen LogP contribution is -2.11. The van der Waals surface area contributed by atoms with Crippen LogP contribution in [-0.4, -0.2) is 9.55 Å². The lowest BCUT2D eigenvalue weighted by molar-refractivity contribution is 1.11. The molecule has 1 heterocycles. The van der Waals surface area contributed by atoms with Gasteiger partial charge in [0.1, 0.15) is 5.82 Å². The van der Waals surface area contributed by atoms with Crippen molar-refractivity contribution in [2.75, 3.05) is 9.80 Å². The standard InChI is InChI=1S/C63H42N4/c1-4-24-48(25-5-1)65(59-32-16-22-44-19-12-14-30-53(44)59)51-36-38-55-56-39-37-52(66(49-26-6-2-7-27-49)60-33-17-23-45-20-13-15-31-54(45)60)42-58(56)62-61(57(55)41-51)64-63(67(62)50-28-8-3-9-29-50)47-35-34-43-18-10-11-21-46(43)40-47/h1-42H. The third kappa shape index (κ3) is 6.49. The monoisotopic (exact) mass is 854 g/mol. The van der Waals surface area contributed by atoms with Gasteiger partial charge in [-0.15, -0.1) is 0 Å². The molecule has 67 heavy (non-hydrogen) atoms. The van der Waals surface area contributed by atoms with E-state index in [2.05, 4.69) is 269 Å². The molecule has 0 aliphatic rings. The molecule has 0 aliphatic carbocycles. The first-order valence-corrected chi connectivity index (χ1v) is 22.9. The van der Waals surface area contributed by atoms with Crippen molar-refractivity contribution < 1.29 is 0 Å². The number of benzene rings is 12. The van der Waals surface area contributed by atoms with Crippen molar-refractivity contribution in [1.29, 1.82) is 0 Å². The van der Waals surface area contributed by atoms with Crippen molar-refractivity contribution >= 4 is 99.0 Å². The molecular formula is C63H42N4. The molecule has 13 rings (SSSR count). The Morgan fingerprint density at radius 1 is 0.299 bits per heavy atom. The van der Waals surface area contributed by atoms with Crippen molar-refractivity contribution in [2.24, 2.45) is 0 Å². The van der Waals surface area contributed by atoms with E-state index in [1.54, 1.807) is 0 Å². The molecule has 4 heteroatoms. The fourth-order valence-corrected chi connectivity index (χ4v) is 10.2. The molecule has 0 unspecified atom stereocenters. The molecule has 0 aliphatic heterocycles. The van der Waals surface area contributed by atoms with E-state index in [0.29, 0.717) is 0 Å². The minimum Gasteiger partial charge on any atom is -0.310 e. The van der Waals surface area contributed by atoms with Crippen LogP contribution in [0.4, 0.5) is 34.1 Å². The van der Waals surface area contributed by atoms with Gasteiger partial charge in [-0.05, 0) is 111 Å². The van der Waals surface area contributed by atoms with Crippen LogP contribution in [0.25, 0.3) is 82.0 Å². The van der Waals surface area contributed by atoms with Gasteiger partial charge >= 0.3 is 0 Å². The zero-order valence-electron chi connectivity index (χ0n) is 36.5. The molecule has 0 radical (unpaired) electrons. The number of para-hydroxylation sites is 3. The summed E-state index contributed by atoms with van der Waals surface area (Å²) in [5, 5.41) is 11.6. The van der Waals surface area contributed by atoms with E-state index in [1.807, 2.05) is 0 Å². The molecule has 0 N–H and O–H groups in total. The SMILES string of the molecule is c1ccc(N(c2ccc3c4ccc(N(c5ccccc5)c5cccc6ccccc56)cc4c4c(nc(-c5ccc6ccccc6c5)n4-c4ccccc4)c3c2)c2cccc3ccccc23)cc1. The van der Waals surface area contributed by atoms with Crippen molar-refractivity contribution in [3.63, 3.8) is 0 Å². The zero-order valence-corrected chi connectivity index (χ0v) is 36.5. The predicted molar refractivity (Wildman–Crippen MR) is 283 cm³/mol. The molecule has 13 aromatic rings. The predicted octanol–water partition coefficient (Wildman–Crippen LogP) is 17.4. The van der Waals surface area contributed by atoms with Gasteiger partial charge in [0.15, 0.2) is 0 Å². The summed E-state index contributed by atoms with van der Waals surface area (Å²) in [6, 6.07) is 91.9. The quantitative estimate of drug-likeness (QED) is 0.142. The second-order valence-electron chi connectivity index (χ2n) is 17.2. The molecule has 0 fully saturated rings. The molecule has 1 aromatic heterocycles. The lowest BCUT2D eigenvalue weighted by Gasteiger charge is -2.28.